The maximum Gasteiger partial charge on any atom is 0.416 e. The lowest BCUT2D eigenvalue weighted by molar-refractivity contribution is -0.137. The van der Waals surface area contributed by atoms with E-state index < -0.39 is 27.7 Å². The van der Waals surface area contributed by atoms with Crippen molar-refractivity contribution >= 4 is 33.1 Å². The number of nitrogens with zero attached hydrogens (tertiary/aromatic N) is 2. The van der Waals surface area contributed by atoms with Gasteiger partial charge in [-0.2, -0.15) is 13.2 Å². The van der Waals surface area contributed by atoms with E-state index in [1.807, 2.05) is 6.92 Å². The lowest BCUT2D eigenvalue weighted by Crippen LogP contribution is -2.32. The summed E-state index contributed by atoms with van der Waals surface area (Å²) in [5.41, 5.74) is 1.05. The highest BCUT2D eigenvalue weighted by Gasteiger charge is 2.31. The molecule has 0 spiro atoms. The number of halogens is 3. The Morgan fingerprint density at radius 1 is 1.15 bits per heavy atom. The van der Waals surface area contributed by atoms with E-state index in [9.17, 15) is 26.4 Å². The van der Waals surface area contributed by atoms with E-state index in [0.717, 1.165) is 27.8 Å². The first-order chi connectivity index (χ1) is 15.9. The monoisotopic (exact) mass is 512 g/mol. The molecular formula is C23H23F3N2O4S2. The highest BCUT2D eigenvalue weighted by Crippen LogP contribution is 2.34. The van der Waals surface area contributed by atoms with Gasteiger partial charge in [0, 0.05) is 17.5 Å². The van der Waals surface area contributed by atoms with Crippen LogP contribution in [0.5, 0.6) is 0 Å². The van der Waals surface area contributed by atoms with E-state index in [1.54, 1.807) is 19.2 Å². The minimum Gasteiger partial charge on any atom is -0.465 e. The van der Waals surface area contributed by atoms with Crippen molar-refractivity contribution in [3.63, 3.8) is 0 Å². The molecule has 0 saturated heterocycles. The summed E-state index contributed by atoms with van der Waals surface area (Å²) in [5, 5.41) is 1.93. The van der Waals surface area contributed by atoms with Crippen LogP contribution in [0.25, 0.3) is 10.6 Å². The van der Waals surface area contributed by atoms with Gasteiger partial charge in [0.15, 0.2) is 5.82 Å². The average Bonchev–Trinajstić information content (AvgIpc) is 3.27. The number of aromatic nitrogens is 1. The molecule has 34 heavy (non-hydrogen) atoms. The van der Waals surface area contributed by atoms with Crippen LogP contribution >= 0.6 is 11.3 Å². The second-order valence-electron chi connectivity index (χ2n) is 7.57. The van der Waals surface area contributed by atoms with Crippen molar-refractivity contribution in [2.75, 3.05) is 18.0 Å². The van der Waals surface area contributed by atoms with Crippen molar-refractivity contribution in [3.8, 4) is 10.6 Å². The van der Waals surface area contributed by atoms with Crippen molar-refractivity contribution in [3.05, 3.63) is 64.0 Å². The largest absolute Gasteiger partial charge is 0.465 e. The standard InChI is InChI=1S/C23H23F3N2O4S2/c1-5-10-28(34(30,31)18-11-14(2)15(3)19(12-18)22(29)32-4)20-13-33-21(27-20)16-6-8-17(9-7-16)23(24,25)26/h6-9,11-13H,5,10H2,1-4H3. The Kier molecular flexibility index (Phi) is 7.37. The van der Waals surface area contributed by atoms with Crippen molar-refractivity contribution in [1.29, 1.82) is 0 Å². The molecule has 0 N–H and O–H groups in total. The molecule has 0 atom stereocenters. The Morgan fingerprint density at radius 2 is 1.79 bits per heavy atom. The molecule has 0 fully saturated rings. The van der Waals surface area contributed by atoms with Crippen molar-refractivity contribution in [1.82, 2.24) is 4.98 Å². The number of carbonyl (C=O) groups is 1. The number of sulfonamides is 1. The summed E-state index contributed by atoms with van der Waals surface area (Å²) in [6, 6.07) is 7.30. The Morgan fingerprint density at radius 3 is 2.35 bits per heavy atom. The number of aryl methyl sites for hydroxylation is 1. The molecule has 0 bridgehead atoms. The molecule has 1 heterocycles. The predicted molar refractivity (Wildman–Crippen MR) is 125 cm³/mol. The molecule has 0 saturated carbocycles. The second-order valence-corrected chi connectivity index (χ2v) is 10.3. The molecule has 0 unspecified atom stereocenters. The first-order valence-corrected chi connectivity index (χ1v) is 12.6. The van der Waals surface area contributed by atoms with Crippen LogP contribution in [0.1, 0.15) is 40.4 Å². The van der Waals surface area contributed by atoms with Gasteiger partial charge in [-0.3, -0.25) is 0 Å². The van der Waals surface area contributed by atoms with Gasteiger partial charge >= 0.3 is 12.1 Å². The van der Waals surface area contributed by atoms with Crippen LogP contribution in [0, 0.1) is 13.8 Å². The topological polar surface area (TPSA) is 76.6 Å². The van der Waals surface area contributed by atoms with Gasteiger partial charge in [0.2, 0.25) is 0 Å². The number of alkyl halides is 3. The van der Waals surface area contributed by atoms with Gasteiger partial charge in [-0.1, -0.05) is 19.1 Å². The Bertz CT molecular complexity index is 1300. The van der Waals surface area contributed by atoms with Crippen LogP contribution in [0.15, 0.2) is 46.7 Å². The fourth-order valence-corrected chi connectivity index (χ4v) is 5.79. The summed E-state index contributed by atoms with van der Waals surface area (Å²) < 4.78 is 71.6. The number of esters is 1. The van der Waals surface area contributed by atoms with E-state index in [-0.39, 0.29) is 22.8 Å². The zero-order valence-electron chi connectivity index (χ0n) is 18.9. The normalized spacial score (nSPS) is 12.0. The zero-order chi connectivity index (χ0) is 25.3. The highest BCUT2D eigenvalue weighted by atomic mass is 32.2. The van der Waals surface area contributed by atoms with Crippen LogP contribution < -0.4 is 4.31 Å². The number of benzene rings is 2. The fraction of sp³-hybridized carbons (Fsp3) is 0.304. The van der Waals surface area contributed by atoms with Crippen LogP contribution in [-0.2, 0) is 20.9 Å². The summed E-state index contributed by atoms with van der Waals surface area (Å²) in [6.07, 6.45) is -3.96. The molecule has 0 aliphatic rings. The molecule has 0 aliphatic heterocycles. The Labute approximate surface area is 200 Å². The number of thiazole rings is 1. The summed E-state index contributed by atoms with van der Waals surface area (Å²) in [7, 11) is -2.87. The minimum absolute atomic E-state index is 0.0754. The molecule has 0 radical (unpaired) electrons. The third-order valence-electron chi connectivity index (χ3n) is 5.27. The van der Waals surface area contributed by atoms with Crippen molar-refractivity contribution < 1.29 is 31.1 Å². The maximum atomic E-state index is 13.6. The van der Waals surface area contributed by atoms with E-state index in [4.69, 9.17) is 4.74 Å². The lowest BCUT2D eigenvalue weighted by atomic mass is 10.0. The smallest absolute Gasteiger partial charge is 0.416 e. The first kappa shape index (κ1) is 25.7. The number of anilines is 1. The molecule has 0 aliphatic carbocycles. The van der Waals surface area contributed by atoms with E-state index >= 15 is 0 Å². The number of ether oxygens (including phenoxy) is 1. The van der Waals surface area contributed by atoms with Gasteiger partial charge < -0.3 is 4.74 Å². The molecule has 2 aromatic carbocycles. The van der Waals surface area contributed by atoms with Gasteiger partial charge in [-0.15, -0.1) is 11.3 Å². The SMILES string of the molecule is CCCN(c1csc(-c2ccc(C(F)(F)F)cc2)n1)S(=O)(=O)c1cc(C)c(C)c(C(=O)OC)c1. The third-order valence-corrected chi connectivity index (χ3v) is 7.93. The number of hydrogen-bond donors (Lipinski definition) is 0. The van der Waals surface area contributed by atoms with Gasteiger partial charge in [0.25, 0.3) is 10.0 Å². The summed E-state index contributed by atoms with van der Waals surface area (Å²) in [5.74, 6) is -0.488. The van der Waals surface area contributed by atoms with Gasteiger partial charge in [-0.05, 0) is 55.7 Å². The van der Waals surface area contributed by atoms with E-state index in [2.05, 4.69) is 4.98 Å². The molecule has 182 valence electrons. The molecule has 0 amide bonds. The van der Waals surface area contributed by atoms with Gasteiger partial charge in [0.05, 0.1) is 23.1 Å². The minimum atomic E-state index is -4.45. The number of rotatable bonds is 7. The average molecular weight is 513 g/mol. The molecule has 1 aromatic heterocycles. The van der Waals surface area contributed by atoms with Crippen LogP contribution in [0.4, 0.5) is 19.0 Å². The molecule has 3 rings (SSSR count). The number of hydrogen-bond acceptors (Lipinski definition) is 6. The zero-order valence-corrected chi connectivity index (χ0v) is 20.6. The Balaban J connectivity index is 2.02. The summed E-state index contributed by atoms with van der Waals surface area (Å²) >= 11 is 1.13. The quantitative estimate of drug-likeness (QED) is 0.372. The molecule has 3 aromatic rings. The highest BCUT2D eigenvalue weighted by molar-refractivity contribution is 7.92. The van der Waals surface area contributed by atoms with Gasteiger partial charge in [-0.25, -0.2) is 22.5 Å². The first-order valence-electron chi connectivity index (χ1n) is 10.3. The third kappa shape index (κ3) is 5.10. The second kappa shape index (κ2) is 9.75. The predicted octanol–water partition coefficient (Wildman–Crippen LogP) is 5.84. The maximum absolute atomic E-state index is 13.6. The van der Waals surface area contributed by atoms with Crippen molar-refractivity contribution in [2.45, 2.75) is 38.3 Å². The molecule has 11 heteroatoms. The number of carbonyl (C=O) groups excluding carboxylic acids is 1. The van der Waals surface area contributed by atoms with Crippen molar-refractivity contribution in [2.24, 2.45) is 0 Å². The lowest BCUT2D eigenvalue weighted by Gasteiger charge is -2.22. The summed E-state index contributed by atoms with van der Waals surface area (Å²) in [4.78, 5) is 16.5. The van der Waals surface area contributed by atoms with E-state index in [0.29, 0.717) is 28.1 Å². The summed E-state index contributed by atoms with van der Waals surface area (Å²) in [6.45, 7) is 5.35. The van der Waals surface area contributed by atoms with Crippen LogP contribution in [0.3, 0.4) is 0 Å². The Hall–Kier alpha value is -2.92. The number of methoxy groups -OCH3 is 1. The molecular weight excluding hydrogens is 489 g/mol. The fourth-order valence-electron chi connectivity index (χ4n) is 3.30. The van der Waals surface area contributed by atoms with E-state index in [1.165, 1.54) is 31.4 Å². The molecule has 6 nitrogen and oxygen atoms in total. The van der Waals surface area contributed by atoms with Gasteiger partial charge in [0.1, 0.15) is 5.01 Å². The van der Waals surface area contributed by atoms with Crippen LogP contribution in [-0.4, -0.2) is 33.0 Å². The van der Waals surface area contributed by atoms with Crippen LogP contribution in [0.2, 0.25) is 0 Å².